The molecule has 3 aromatic rings. The molecule has 7 nitrogen and oxygen atoms in total. The fraction of sp³-hybridized carbons (Fsp3) is 0.200. The molecule has 30 heavy (non-hydrogen) atoms. The number of ketones is 1. The number of nitrogens with zero attached hydrogens (tertiary/aromatic N) is 3. The van der Waals surface area contributed by atoms with Crippen molar-refractivity contribution in [1.82, 2.24) is 20.6 Å². The maximum Gasteiger partial charge on any atom is 0.416 e. The zero-order valence-electron chi connectivity index (χ0n) is 15.8. The Balaban J connectivity index is 2.15. The molecule has 1 aliphatic carbocycles. The first kappa shape index (κ1) is 19.6. The minimum absolute atomic E-state index is 0.0819. The number of aromatic nitrogens is 4. The van der Waals surface area contributed by atoms with Crippen LogP contribution in [-0.4, -0.2) is 31.5 Å². The van der Waals surface area contributed by atoms with Crippen molar-refractivity contribution in [3.63, 3.8) is 0 Å². The summed E-state index contributed by atoms with van der Waals surface area (Å²) >= 11 is 0. The number of aromatic amines is 1. The van der Waals surface area contributed by atoms with Crippen LogP contribution in [0.4, 0.5) is 13.2 Å². The van der Waals surface area contributed by atoms with E-state index in [-0.39, 0.29) is 40.4 Å². The number of aliphatic hydroxyl groups is 1. The summed E-state index contributed by atoms with van der Waals surface area (Å²) in [6.07, 6.45) is -1.13. The molecule has 0 atom stereocenters. The summed E-state index contributed by atoms with van der Waals surface area (Å²) in [5.41, 5.74) is 0.836. The number of allylic oxidation sites excluding steroid dienone is 4. The number of aliphatic hydroxyl groups excluding tert-OH is 1. The van der Waals surface area contributed by atoms with E-state index in [0.29, 0.717) is 22.6 Å². The van der Waals surface area contributed by atoms with Crippen LogP contribution >= 0.6 is 0 Å². The smallest absolute Gasteiger partial charge is 0.416 e. The highest BCUT2D eigenvalue weighted by atomic mass is 19.4. The van der Waals surface area contributed by atoms with Gasteiger partial charge in [0.2, 0.25) is 0 Å². The first-order valence-corrected chi connectivity index (χ1v) is 8.85. The van der Waals surface area contributed by atoms with Crippen molar-refractivity contribution < 1.29 is 27.6 Å². The topological polar surface area (TPSA) is 105 Å². The van der Waals surface area contributed by atoms with E-state index in [1.807, 2.05) is 0 Å². The zero-order valence-corrected chi connectivity index (χ0v) is 15.8. The molecule has 2 heterocycles. The van der Waals surface area contributed by atoms with Gasteiger partial charge in [0.05, 0.1) is 23.9 Å². The van der Waals surface area contributed by atoms with E-state index < -0.39 is 11.7 Å². The lowest BCUT2D eigenvalue weighted by molar-refractivity contribution is -0.137. The standard InChI is InChI=1S/C20H15F3N4O3/c1-9-18(10(2)30-26-9)19-14(13-4-3-12(28)7-17(13)29)5-11(20(21,22)23)6-15(19)16-8-24-27-25-16/h3-6,8,29H,7H2,1-2H3,(H,24,25,27). The second-order valence-corrected chi connectivity index (χ2v) is 6.84. The largest absolute Gasteiger partial charge is 0.511 e. The molecule has 0 saturated heterocycles. The lowest BCUT2D eigenvalue weighted by Gasteiger charge is -2.20. The summed E-state index contributed by atoms with van der Waals surface area (Å²) in [6, 6.07) is 1.91. The lowest BCUT2D eigenvalue weighted by Crippen LogP contribution is -2.10. The van der Waals surface area contributed by atoms with Crippen molar-refractivity contribution in [3.8, 4) is 22.4 Å². The Morgan fingerprint density at radius 1 is 1.13 bits per heavy atom. The first-order chi connectivity index (χ1) is 14.2. The summed E-state index contributed by atoms with van der Waals surface area (Å²) in [7, 11) is 0. The summed E-state index contributed by atoms with van der Waals surface area (Å²) in [5.74, 6) is -0.283. The van der Waals surface area contributed by atoms with Gasteiger partial charge in [-0.25, -0.2) is 0 Å². The van der Waals surface area contributed by atoms with E-state index in [1.54, 1.807) is 13.8 Å². The van der Waals surface area contributed by atoms with Crippen molar-refractivity contribution in [3.05, 3.63) is 58.8 Å². The number of H-pyrrole nitrogens is 1. The van der Waals surface area contributed by atoms with Gasteiger partial charge in [0.1, 0.15) is 17.2 Å². The average Bonchev–Trinajstić information content (AvgIpc) is 3.30. The van der Waals surface area contributed by atoms with Crippen molar-refractivity contribution in [2.24, 2.45) is 0 Å². The average molecular weight is 416 g/mol. The Hall–Kier alpha value is -3.69. The lowest BCUT2D eigenvalue weighted by atomic mass is 9.84. The number of hydrogen-bond donors (Lipinski definition) is 2. The molecular weight excluding hydrogens is 401 g/mol. The van der Waals surface area contributed by atoms with Crippen LogP contribution in [0.5, 0.6) is 0 Å². The van der Waals surface area contributed by atoms with Crippen LogP contribution in [0, 0.1) is 13.8 Å². The Bertz CT molecular complexity index is 1190. The molecular formula is C20H15F3N4O3. The summed E-state index contributed by atoms with van der Waals surface area (Å²) < 4.78 is 46.4. The molecule has 0 unspecified atom stereocenters. The normalized spacial score (nSPS) is 14.6. The molecule has 154 valence electrons. The van der Waals surface area contributed by atoms with Crippen molar-refractivity contribution in [1.29, 1.82) is 0 Å². The Morgan fingerprint density at radius 3 is 2.43 bits per heavy atom. The molecule has 0 amide bonds. The van der Waals surface area contributed by atoms with Crippen LogP contribution < -0.4 is 0 Å². The molecule has 0 radical (unpaired) electrons. The van der Waals surface area contributed by atoms with Crippen molar-refractivity contribution in [2.75, 3.05) is 0 Å². The first-order valence-electron chi connectivity index (χ1n) is 8.85. The van der Waals surface area contributed by atoms with Crippen LogP contribution in [0.15, 0.2) is 40.8 Å². The number of alkyl halides is 3. The molecule has 2 aromatic heterocycles. The van der Waals surface area contributed by atoms with Crippen LogP contribution in [0.1, 0.15) is 29.0 Å². The van der Waals surface area contributed by atoms with Gasteiger partial charge in [0.25, 0.3) is 0 Å². The number of carbonyl (C=O) groups is 1. The van der Waals surface area contributed by atoms with Crippen molar-refractivity contribution >= 4 is 11.4 Å². The molecule has 0 bridgehead atoms. The van der Waals surface area contributed by atoms with E-state index >= 15 is 0 Å². The monoisotopic (exact) mass is 416 g/mol. The number of halogens is 3. The number of hydrogen-bond acceptors (Lipinski definition) is 6. The third-order valence-corrected chi connectivity index (χ3v) is 4.82. The second-order valence-electron chi connectivity index (χ2n) is 6.84. The maximum atomic E-state index is 13.7. The highest BCUT2D eigenvalue weighted by Crippen LogP contribution is 2.45. The Kier molecular flexibility index (Phi) is 4.56. The molecule has 2 N–H and O–H groups in total. The van der Waals surface area contributed by atoms with E-state index in [2.05, 4.69) is 20.6 Å². The second kappa shape index (κ2) is 6.97. The number of nitrogens with one attached hydrogen (secondary N) is 1. The van der Waals surface area contributed by atoms with E-state index in [9.17, 15) is 23.1 Å². The molecule has 1 aromatic carbocycles. The SMILES string of the molecule is Cc1noc(C)c1-c1c(C2=C(O)CC(=O)C=C2)cc(C(F)(F)F)cc1-c1cn[nH]n1. The quantitative estimate of drug-likeness (QED) is 0.649. The highest BCUT2D eigenvalue weighted by molar-refractivity contribution is 6.02. The number of benzene rings is 1. The molecule has 0 aliphatic heterocycles. The van der Waals surface area contributed by atoms with Crippen molar-refractivity contribution in [2.45, 2.75) is 26.4 Å². The molecule has 10 heteroatoms. The predicted octanol–water partition coefficient (Wildman–Crippen LogP) is 4.56. The van der Waals surface area contributed by atoms with Crippen LogP contribution in [0.3, 0.4) is 0 Å². The van der Waals surface area contributed by atoms with Gasteiger partial charge in [-0.1, -0.05) is 5.16 Å². The Labute approximate surface area is 167 Å². The summed E-state index contributed by atoms with van der Waals surface area (Å²) in [4.78, 5) is 11.6. The minimum atomic E-state index is -4.66. The third-order valence-electron chi connectivity index (χ3n) is 4.82. The zero-order chi connectivity index (χ0) is 21.6. The van der Waals surface area contributed by atoms with E-state index in [0.717, 1.165) is 12.1 Å². The fourth-order valence-electron chi connectivity index (χ4n) is 3.50. The van der Waals surface area contributed by atoms with Gasteiger partial charge in [-0.05, 0) is 43.7 Å². The molecule has 4 rings (SSSR count). The molecule has 0 saturated carbocycles. The number of carbonyl (C=O) groups excluding carboxylic acids is 1. The number of aryl methyl sites for hydroxylation is 2. The third kappa shape index (κ3) is 3.30. The van der Waals surface area contributed by atoms with Gasteiger partial charge in [0, 0.05) is 22.3 Å². The molecule has 1 aliphatic rings. The number of rotatable bonds is 3. The van der Waals surface area contributed by atoms with Gasteiger partial charge < -0.3 is 9.63 Å². The molecule has 0 spiro atoms. The van der Waals surface area contributed by atoms with Crippen LogP contribution in [0.2, 0.25) is 0 Å². The van der Waals surface area contributed by atoms with E-state index in [1.165, 1.54) is 18.3 Å². The summed E-state index contributed by atoms with van der Waals surface area (Å²) in [6.45, 7) is 3.30. The van der Waals surface area contributed by atoms with Gasteiger partial charge >= 0.3 is 6.18 Å². The van der Waals surface area contributed by atoms with Gasteiger partial charge in [-0.2, -0.15) is 28.6 Å². The minimum Gasteiger partial charge on any atom is -0.511 e. The highest BCUT2D eigenvalue weighted by Gasteiger charge is 2.35. The Morgan fingerprint density at radius 2 is 1.87 bits per heavy atom. The maximum absolute atomic E-state index is 13.7. The van der Waals surface area contributed by atoms with Crippen LogP contribution in [0.25, 0.3) is 28.0 Å². The van der Waals surface area contributed by atoms with Gasteiger partial charge in [0.15, 0.2) is 5.78 Å². The molecule has 0 fully saturated rings. The van der Waals surface area contributed by atoms with Gasteiger partial charge in [-0.15, -0.1) is 0 Å². The van der Waals surface area contributed by atoms with Crippen LogP contribution in [-0.2, 0) is 11.0 Å². The summed E-state index contributed by atoms with van der Waals surface area (Å²) in [5, 5.41) is 24.4. The van der Waals surface area contributed by atoms with E-state index in [4.69, 9.17) is 4.52 Å². The van der Waals surface area contributed by atoms with Gasteiger partial charge in [-0.3, -0.25) is 4.79 Å². The predicted molar refractivity (Wildman–Crippen MR) is 100 cm³/mol. The fourth-order valence-corrected chi connectivity index (χ4v) is 3.50.